The molecule has 1 saturated heterocycles. The second kappa shape index (κ2) is 5.44. The average Bonchev–Trinajstić information content (AvgIpc) is 2.67. The molecule has 2 rings (SSSR count). The Bertz CT molecular complexity index is 471. The largest absolute Gasteiger partial charge is 0.444 e. The average molecular weight is 281 g/mol. The standard InChI is InChI=1S/C14H23N3O3/c1-9-12(10(2)20-16-9)11-8-17(7-6-15-11)13(18)19-14(3,4)5/h11,15H,6-8H2,1-5H3. The van der Waals surface area contributed by atoms with E-state index in [1.807, 2.05) is 34.6 Å². The lowest BCUT2D eigenvalue weighted by molar-refractivity contribution is 0.0194. The molecule has 1 aliphatic rings. The molecule has 6 heteroatoms. The fourth-order valence-electron chi connectivity index (χ4n) is 2.42. The van der Waals surface area contributed by atoms with Crippen LogP contribution in [0.1, 0.15) is 43.8 Å². The second-order valence-corrected chi connectivity index (χ2v) is 6.17. The van der Waals surface area contributed by atoms with Gasteiger partial charge in [-0.05, 0) is 34.6 Å². The third kappa shape index (κ3) is 3.30. The van der Waals surface area contributed by atoms with Gasteiger partial charge in [-0.2, -0.15) is 0 Å². The lowest BCUT2D eigenvalue weighted by Crippen LogP contribution is -2.49. The van der Waals surface area contributed by atoms with E-state index in [4.69, 9.17) is 9.26 Å². The maximum Gasteiger partial charge on any atom is 0.410 e. The predicted octanol–water partition coefficient (Wildman–Crippen LogP) is 2.17. The van der Waals surface area contributed by atoms with Crippen LogP contribution in [0.5, 0.6) is 0 Å². The van der Waals surface area contributed by atoms with Crippen molar-refractivity contribution >= 4 is 6.09 Å². The van der Waals surface area contributed by atoms with Crippen LogP contribution in [0.25, 0.3) is 0 Å². The molecule has 1 unspecified atom stereocenters. The monoisotopic (exact) mass is 281 g/mol. The van der Waals surface area contributed by atoms with E-state index in [9.17, 15) is 4.79 Å². The minimum atomic E-state index is -0.472. The van der Waals surface area contributed by atoms with E-state index in [1.165, 1.54) is 0 Å². The number of nitrogens with one attached hydrogen (secondary N) is 1. The molecule has 1 aromatic heterocycles. The molecule has 2 heterocycles. The number of aryl methyl sites for hydroxylation is 2. The predicted molar refractivity (Wildman–Crippen MR) is 74.5 cm³/mol. The van der Waals surface area contributed by atoms with E-state index < -0.39 is 5.60 Å². The molecule has 1 aromatic rings. The summed E-state index contributed by atoms with van der Waals surface area (Å²) in [5, 5.41) is 7.37. The number of aromatic nitrogens is 1. The molecule has 0 radical (unpaired) electrons. The maximum atomic E-state index is 12.1. The molecule has 1 fully saturated rings. The third-order valence-corrected chi connectivity index (χ3v) is 3.26. The Morgan fingerprint density at radius 2 is 2.15 bits per heavy atom. The Balaban J connectivity index is 2.08. The van der Waals surface area contributed by atoms with Crippen LogP contribution in [0.3, 0.4) is 0 Å². The summed E-state index contributed by atoms with van der Waals surface area (Å²) in [4.78, 5) is 13.9. The summed E-state index contributed by atoms with van der Waals surface area (Å²) in [7, 11) is 0. The molecule has 1 aliphatic heterocycles. The fraction of sp³-hybridized carbons (Fsp3) is 0.714. The smallest absolute Gasteiger partial charge is 0.410 e. The van der Waals surface area contributed by atoms with Gasteiger partial charge in [0, 0.05) is 25.2 Å². The maximum absolute atomic E-state index is 12.1. The van der Waals surface area contributed by atoms with Crippen LogP contribution in [0, 0.1) is 13.8 Å². The van der Waals surface area contributed by atoms with Crippen molar-refractivity contribution in [3.05, 3.63) is 17.0 Å². The van der Waals surface area contributed by atoms with E-state index in [0.29, 0.717) is 13.1 Å². The van der Waals surface area contributed by atoms with Crippen molar-refractivity contribution < 1.29 is 14.1 Å². The van der Waals surface area contributed by atoms with Crippen molar-refractivity contribution in [1.82, 2.24) is 15.4 Å². The Hall–Kier alpha value is -1.56. The highest BCUT2D eigenvalue weighted by molar-refractivity contribution is 5.68. The number of nitrogens with zero attached hydrogens (tertiary/aromatic N) is 2. The van der Waals surface area contributed by atoms with Crippen LogP contribution in [0.4, 0.5) is 4.79 Å². The van der Waals surface area contributed by atoms with Gasteiger partial charge in [-0.25, -0.2) is 4.79 Å². The highest BCUT2D eigenvalue weighted by Gasteiger charge is 2.30. The first-order valence-corrected chi connectivity index (χ1v) is 6.92. The minimum absolute atomic E-state index is 0.0440. The first-order chi connectivity index (χ1) is 9.28. The molecule has 20 heavy (non-hydrogen) atoms. The van der Waals surface area contributed by atoms with E-state index >= 15 is 0 Å². The van der Waals surface area contributed by atoms with E-state index in [0.717, 1.165) is 23.6 Å². The quantitative estimate of drug-likeness (QED) is 0.854. The summed E-state index contributed by atoms with van der Waals surface area (Å²) in [6.45, 7) is 11.4. The molecule has 0 saturated carbocycles. The molecule has 0 spiro atoms. The highest BCUT2D eigenvalue weighted by atomic mass is 16.6. The first-order valence-electron chi connectivity index (χ1n) is 6.92. The van der Waals surface area contributed by atoms with Crippen molar-refractivity contribution in [2.75, 3.05) is 19.6 Å². The molecule has 1 amide bonds. The van der Waals surface area contributed by atoms with Crippen LogP contribution < -0.4 is 5.32 Å². The highest BCUT2D eigenvalue weighted by Crippen LogP contribution is 2.24. The Morgan fingerprint density at radius 1 is 1.45 bits per heavy atom. The second-order valence-electron chi connectivity index (χ2n) is 6.17. The topological polar surface area (TPSA) is 67.6 Å². The number of carbonyl (C=O) groups excluding carboxylic acids is 1. The van der Waals surface area contributed by atoms with E-state index in [2.05, 4.69) is 10.5 Å². The van der Waals surface area contributed by atoms with Gasteiger partial charge >= 0.3 is 6.09 Å². The van der Waals surface area contributed by atoms with Crippen molar-refractivity contribution in [2.24, 2.45) is 0 Å². The van der Waals surface area contributed by atoms with E-state index in [1.54, 1.807) is 4.90 Å². The molecule has 112 valence electrons. The van der Waals surface area contributed by atoms with Crippen LogP contribution in [-0.4, -0.2) is 41.4 Å². The fourth-order valence-corrected chi connectivity index (χ4v) is 2.42. The summed E-state index contributed by atoms with van der Waals surface area (Å²) in [6, 6.07) is 0.0440. The molecule has 6 nitrogen and oxygen atoms in total. The summed E-state index contributed by atoms with van der Waals surface area (Å²) in [5.41, 5.74) is 1.44. The molecule has 0 bridgehead atoms. The molecule has 1 atom stereocenters. The van der Waals surface area contributed by atoms with Crippen molar-refractivity contribution in [3.8, 4) is 0 Å². The van der Waals surface area contributed by atoms with Crippen LogP contribution in [0.15, 0.2) is 4.52 Å². The van der Waals surface area contributed by atoms with Crippen molar-refractivity contribution in [1.29, 1.82) is 0 Å². The van der Waals surface area contributed by atoms with Gasteiger partial charge in [-0.1, -0.05) is 5.16 Å². The van der Waals surface area contributed by atoms with Crippen molar-refractivity contribution in [3.63, 3.8) is 0 Å². The number of piperazine rings is 1. The molecule has 1 N–H and O–H groups in total. The minimum Gasteiger partial charge on any atom is -0.444 e. The SMILES string of the molecule is Cc1noc(C)c1C1CN(C(=O)OC(C)(C)C)CCN1. The number of carbonyl (C=O) groups is 1. The lowest BCUT2D eigenvalue weighted by Gasteiger charge is -2.34. The Kier molecular flexibility index (Phi) is 4.04. The van der Waals surface area contributed by atoms with Crippen LogP contribution in [0.2, 0.25) is 0 Å². The summed E-state index contributed by atoms with van der Waals surface area (Å²) >= 11 is 0. The normalized spacial score (nSPS) is 20.1. The molecule has 0 aliphatic carbocycles. The number of amides is 1. The molecular formula is C14H23N3O3. The Morgan fingerprint density at radius 3 is 2.70 bits per heavy atom. The number of rotatable bonds is 1. The zero-order chi connectivity index (χ0) is 14.9. The summed E-state index contributed by atoms with van der Waals surface area (Å²) in [6.07, 6.45) is -0.268. The zero-order valence-electron chi connectivity index (χ0n) is 12.8. The number of hydrogen-bond acceptors (Lipinski definition) is 5. The van der Waals surface area contributed by atoms with Gasteiger partial charge in [0.05, 0.1) is 11.7 Å². The van der Waals surface area contributed by atoms with Gasteiger partial charge in [0.1, 0.15) is 11.4 Å². The molecule has 0 aromatic carbocycles. The lowest BCUT2D eigenvalue weighted by atomic mass is 10.0. The number of hydrogen-bond donors (Lipinski definition) is 1. The van der Waals surface area contributed by atoms with Crippen LogP contribution in [-0.2, 0) is 4.74 Å². The van der Waals surface area contributed by atoms with Gasteiger partial charge in [-0.3, -0.25) is 0 Å². The third-order valence-electron chi connectivity index (χ3n) is 3.26. The van der Waals surface area contributed by atoms with Gasteiger partial charge in [0.25, 0.3) is 0 Å². The van der Waals surface area contributed by atoms with Crippen LogP contribution >= 0.6 is 0 Å². The Labute approximate surface area is 119 Å². The molecular weight excluding hydrogens is 258 g/mol. The van der Waals surface area contributed by atoms with Crippen molar-refractivity contribution in [2.45, 2.75) is 46.3 Å². The van der Waals surface area contributed by atoms with Gasteiger partial charge in [0.15, 0.2) is 0 Å². The summed E-state index contributed by atoms with van der Waals surface area (Å²) in [5.74, 6) is 0.797. The number of ether oxygens (including phenoxy) is 1. The van der Waals surface area contributed by atoms with Gasteiger partial charge in [0.2, 0.25) is 0 Å². The van der Waals surface area contributed by atoms with Gasteiger partial charge < -0.3 is 19.5 Å². The zero-order valence-corrected chi connectivity index (χ0v) is 12.8. The summed E-state index contributed by atoms with van der Waals surface area (Å²) < 4.78 is 10.6. The van der Waals surface area contributed by atoms with E-state index in [-0.39, 0.29) is 12.1 Å². The first kappa shape index (κ1) is 14.8. The van der Waals surface area contributed by atoms with Gasteiger partial charge in [-0.15, -0.1) is 0 Å².